The summed E-state index contributed by atoms with van der Waals surface area (Å²) in [7, 11) is 2.69. The predicted molar refractivity (Wildman–Crippen MR) is 122 cm³/mol. The molecule has 1 fully saturated rings. The summed E-state index contributed by atoms with van der Waals surface area (Å²) in [5.74, 6) is -3.21. The van der Waals surface area contributed by atoms with E-state index in [1.807, 2.05) is 0 Å². The molecule has 186 valence electrons. The third-order valence-corrected chi connectivity index (χ3v) is 5.74. The van der Waals surface area contributed by atoms with Gasteiger partial charge in [-0.05, 0) is 60.2 Å². The maximum Gasteiger partial charge on any atom is 0.416 e. The number of alkyl halides is 3. The lowest BCUT2D eigenvalue weighted by molar-refractivity contribution is -0.137. The standard InChI is InChI=1S/C26H19F4NO5/c1-35-18-5-3-4-14(12-18)22-21(23(32)19-13-16(27)8-11-20(19)36-2)24(33)25(34)31(22)17-9-6-15(7-10-17)26(28,29)30/h3-13,22,32H,1-2H3/b23-21+. The van der Waals surface area contributed by atoms with E-state index < -0.39 is 46.6 Å². The molecule has 10 heteroatoms. The predicted octanol–water partition coefficient (Wildman–Crippen LogP) is 5.49. The highest BCUT2D eigenvalue weighted by molar-refractivity contribution is 6.51. The van der Waals surface area contributed by atoms with Crippen LogP contribution in [0.4, 0.5) is 23.2 Å². The van der Waals surface area contributed by atoms with Crippen LogP contribution in [0.1, 0.15) is 22.7 Å². The zero-order valence-corrected chi connectivity index (χ0v) is 19.0. The van der Waals surface area contributed by atoms with Crippen molar-refractivity contribution in [3.05, 3.63) is 94.8 Å². The first-order valence-electron chi connectivity index (χ1n) is 10.5. The smallest absolute Gasteiger partial charge is 0.416 e. The van der Waals surface area contributed by atoms with E-state index in [0.29, 0.717) is 11.3 Å². The third kappa shape index (κ3) is 4.37. The van der Waals surface area contributed by atoms with Crippen LogP contribution in [-0.2, 0) is 15.8 Å². The molecule has 1 heterocycles. The molecule has 0 bridgehead atoms. The second-order valence-electron chi connectivity index (χ2n) is 7.83. The van der Waals surface area contributed by atoms with E-state index in [1.54, 1.807) is 18.2 Å². The first-order valence-corrected chi connectivity index (χ1v) is 10.5. The Balaban J connectivity index is 1.96. The van der Waals surface area contributed by atoms with Crippen LogP contribution >= 0.6 is 0 Å². The molecule has 3 aromatic carbocycles. The molecule has 1 atom stereocenters. The number of Topliss-reactive ketones (excluding diaryl/α,β-unsaturated/α-hetero) is 1. The van der Waals surface area contributed by atoms with Gasteiger partial charge >= 0.3 is 6.18 Å². The summed E-state index contributed by atoms with van der Waals surface area (Å²) in [6.45, 7) is 0. The molecule has 0 aromatic heterocycles. The largest absolute Gasteiger partial charge is 0.507 e. The lowest BCUT2D eigenvalue weighted by Gasteiger charge is -2.26. The monoisotopic (exact) mass is 501 g/mol. The summed E-state index contributed by atoms with van der Waals surface area (Å²) < 4.78 is 63.7. The number of methoxy groups -OCH3 is 2. The van der Waals surface area contributed by atoms with Crippen LogP contribution in [0, 0.1) is 5.82 Å². The number of carbonyl (C=O) groups excluding carboxylic acids is 2. The van der Waals surface area contributed by atoms with Crippen LogP contribution in [0.25, 0.3) is 5.76 Å². The fraction of sp³-hybridized carbons (Fsp3) is 0.154. The molecule has 1 aliphatic heterocycles. The molecule has 4 rings (SSSR count). The number of nitrogens with zero attached hydrogens (tertiary/aromatic N) is 1. The molecule has 0 spiro atoms. The Morgan fingerprint density at radius 2 is 1.64 bits per heavy atom. The van der Waals surface area contributed by atoms with E-state index in [-0.39, 0.29) is 17.0 Å². The van der Waals surface area contributed by atoms with Crippen LogP contribution in [0.2, 0.25) is 0 Å². The Hall–Kier alpha value is -4.34. The Kier molecular flexibility index (Phi) is 6.45. The molecule has 0 saturated carbocycles. The highest BCUT2D eigenvalue weighted by Crippen LogP contribution is 2.44. The van der Waals surface area contributed by atoms with Crippen molar-refractivity contribution in [3.63, 3.8) is 0 Å². The van der Waals surface area contributed by atoms with Gasteiger partial charge in [-0.3, -0.25) is 14.5 Å². The zero-order valence-electron chi connectivity index (χ0n) is 19.0. The van der Waals surface area contributed by atoms with Crippen LogP contribution in [0.15, 0.2) is 72.3 Å². The molecule has 3 aromatic rings. The van der Waals surface area contributed by atoms with Crippen molar-refractivity contribution in [1.29, 1.82) is 0 Å². The van der Waals surface area contributed by atoms with Gasteiger partial charge in [-0.15, -0.1) is 0 Å². The van der Waals surface area contributed by atoms with E-state index in [1.165, 1.54) is 26.4 Å². The maximum absolute atomic E-state index is 14.0. The van der Waals surface area contributed by atoms with Gasteiger partial charge in [0, 0.05) is 5.69 Å². The number of rotatable bonds is 5. The fourth-order valence-corrected chi connectivity index (χ4v) is 4.05. The van der Waals surface area contributed by atoms with E-state index >= 15 is 0 Å². The third-order valence-electron chi connectivity index (χ3n) is 5.74. The second-order valence-corrected chi connectivity index (χ2v) is 7.83. The van der Waals surface area contributed by atoms with Gasteiger partial charge in [0.15, 0.2) is 0 Å². The van der Waals surface area contributed by atoms with Gasteiger partial charge < -0.3 is 14.6 Å². The van der Waals surface area contributed by atoms with Crippen molar-refractivity contribution in [1.82, 2.24) is 0 Å². The molecular weight excluding hydrogens is 482 g/mol. The van der Waals surface area contributed by atoms with Crippen LogP contribution < -0.4 is 14.4 Å². The Morgan fingerprint density at radius 1 is 0.944 bits per heavy atom. The number of ether oxygens (including phenoxy) is 2. The molecule has 1 amide bonds. The number of hydrogen-bond donors (Lipinski definition) is 1. The summed E-state index contributed by atoms with van der Waals surface area (Å²) in [5.41, 5.74) is -1.19. The summed E-state index contributed by atoms with van der Waals surface area (Å²) in [5, 5.41) is 11.2. The quantitative estimate of drug-likeness (QED) is 0.217. The number of halogens is 4. The van der Waals surface area contributed by atoms with Crippen LogP contribution in [-0.4, -0.2) is 31.0 Å². The molecule has 1 aliphatic rings. The Labute approximate surface area is 203 Å². The van der Waals surface area contributed by atoms with Gasteiger partial charge in [-0.2, -0.15) is 13.2 Å². The number of carbonyl (C=O) groups is 2. The minimum absolute atomic E-state index is 0.0109. The number of hydrogen-bond acceptors (Lipinski definition) is 5. The minimum Gasteiger partial charge on any atom is -0.507 e. The van der Waals surface area contributed by atoms with Crippen molar-refractivity contribution in [2.45, 2.75) is 12.2 Å². The van der Waals surface area contributed by atoms with Gasteiger partial charge in [-0.25, -0.2) is 4.39 Å². The number of ketones is 1. The Morgan fingerprint density at radius 3 is 2.25 bits per heavy atom. The number of benzene rings is 3. The molecule has 1 N–H and O–H groups in total. The topological polar surface area (TPSA) is 76.1 Å². The van der Waals surface area contributed by atoms with Crippen LogP contribution in [0.5, 0.6) is 11.5 Å². The van der Waals surface area contributed by atoms with E-state index in [4.69, 9.17) is 9.47 Å². The summed E-state index contributed by atoms with van der Waals surface area (Å²) in [6.07, 6.45) is -4.60. The normalized spacial score (nSPS) is 17.4. The average Bonchev–Trinajstić information content (AvgIpc) is 3.13. The van der Waals surface area contributed by atoms with E-state index in [2.05, 4.69) is 0 Å². The van der Waals surface area contributed by atoms with Gasteiger partial charge in [0.05, 0.1) is 37.0 Å². The lowest BCUT2D eigenvalue weighted by Crippen LogP contribution is -2.29. The fourth-order valence-electron chi connectivity index (χ4n) is 4.05. The first kappa shape index (κ1) is 24.8. The highest BCUT2D eigenvalue weighted by Gasteiger charge is 2.47. The lowest BCUT2D eigenvalue weighted by atomic mass is 9.94. The molecular formula is C26H19F4NO5. The summed E-state index contributed by atoms with van der Waals surface area (Å²) in [4.78, 5) is 27.3. The van der Waals surface area contributed by atoms with Crippen LogP contribution in [0.3, 0.4) is 0 Å². The number of anilines is 1. The molecule has 0 radical (unpaired) electrons. The molecule has 6 nitrogen and oxygen atoms in total. The summed E-state index contributed by atoms with van der Waals surface area (Å²) in [6, 6.07) is 12.0. The second kappa shape index (κ2) is 9.37. The van der Waals surface area contributed by atoms with Crippen molar-refractivity contribution in [2.24, 2.45) is 0 Å². The number of aliphatic hydroxyl groups is 1. The molecule has 1 saturated heterocycles. The summed E-state index contributed by atoms with van der Waals surface area (Å²) >= 11 is 0. The first-order chi connectivity index (χ1) is 17.1. The van der Waals surface area contributed by atoms with Crippen molar-refractivity contribution >= 4 is 23.1 Å². The number of aliphatic hydroxyl groups excluding tert-OH is 1. The van der Waals surface area contributed by atoms with Gasteiger partial charge in [-0.1, -0.05) is 12.1 Å². The van der Waals surface area contributed by atoms with Crippen molar-refractivity contribution < 1.29 is 41.7 Å². The highest BCUT2D eigenvalue weighted by atomic mass is 19.4. The Bertz CT molecular complexity index is 1370. The number of amides is 1. The van der Waals surface area contributed by atoms with Crippen molar-refractivity contribution in [2.75, 3.05) is 19.1 Å². The maximum atomic E-state index is 14.0. The molecule has 36 heavy (non-hydrogen) atoms. The van der Waals surface area contributed by atoms with E-state index in [9.17, 15) is 32.3 Å². The molecule has 1 unspecified atom stereocenters. The van der Waals surface area contributed by atoms with Gasteiger partial charge in [0.2, 0.25) is 0 Å². The van der Waals surface area contributed by atoms with Gasteiger partial charge in [0.1, 0.15) is 23.1 Å². The zero-order chi connectivity index (χ0) is 26.2. The minimum atomic E-state index is -4.60. The van der Waals surface area contributed by atoms with E-state index in [0.717, 1.165) is 41.3 Å². The average molecular weight is 501 g/mol. The SMILES string of the molecule is COc1cccc(C2/C(=C(\O)c3cc(F)ccc3OC)C(=O)C(=O)N2c2ccc(C(F)(F)F)cc2)c1. The molecule has 0 aliphatic carbocycles. The van der Waals surface area contributed by atoms with Crippen molar-refractivity contribution in [3.8, 4) is 11.5 Å². The van der Waals surface area contributed by atoms with Gasteiger partial charge in [0.25, 0.3) is 11.7 Å².